The standard InChI is InChI=1S/C17H21NO/c1-2-3-9-17(18)14-10-12-16(13-11-14)19-15-7-5-4-6-8-15/h4-8,10-13,17H,2-3,9,18H2,1H3/t17-/m1/s1. The molecule has 1 atom stereocenters. The lowest BCUT2D eigenvalue weighted by Crippen LogP contribution is -2.09. The largest absolute Gasteiger partial charge is 0.457 e. The molecule has 0 bridgehead atoms. The maximum atomic E-state index is 6.14. The second-order valence-electron chi connectivity index (χ2n) is 4.73. The lowest BCUT2D eigenvalue weighted by atomic mass is 10.0. The first-order valence-corrected chi connectivity index (χ1v) is 6.88. The molecule has 0 saturated carbocycles. The normalized spacial score (nSPS) is 12.1. The van der Waals surface area contributed by atoms with Crippen LogP contribution in [0, 0.1) is 0 Å². The number of hydrogen-bond donors (Lipinski definition) is 1. The fraction of sp³-hybridized carbons (Fsp3) is 0.294. The van der Waals surface area contributed by atoms with Gasteiger partial charge in [-0.05, 0) is 36.2 Å². The summed E-state index contributed by atoms with van der Waals surface area (Å²) in [4.78, 5) is 0. The van der Waals surface area contributed by atoms with E-state index in [9.17, 15) is 0 Å². The van der Waals surface area contributed by atoms with Gasteiger partial charge >= 0.3 is 0 Å². The number of benzene rings is 2. The molecule has 2 nitrogen and oxygen atoms in total. The molecular formula is C17H21NO. The summed E-state index contributed by atoms with van der Waals surface area (Å²) >= 11 is 0. The van der Waals surface area contributed by atoms with E-state index < -0.39 is 0 Å². The van der Waals surface area contributed by atoms with E-state index in [1.165, 1.54) is 18.4 Å². The van der Waals surface area contributed by atoms with Gasteiger partial charge in [-0.15, -0.1) is 0 Å². The summed E-state index contributed by atoms with van der Waals surface area (Å²) in [5, 5.41) is 0. The molecule has 0 fully saturated rings. The van der Waals surface area contributed by atoms with Crippen molar-refractivity contribution in [1.82, 2.24) is 0 Å². The van der Waals surface area contributed by atoms with Crippen LogP contribution in [0.1, 0.15) is 37.8 Å². The number of nitrogens with two attached hydrogens (primary N) is 1. The Hall–Kier alpha value is -1.80. The van der Waals surface area contributed by atoms with Crippen molar-refractivity contribution in [2.24, 2.45) is 5.73 Å². The number of ether oxygens (including phenoxy) is 1. The zero-order chi connectivity index (χ0) is 13.5. The first kappa shape index (κ1) is 13.6. The van der Waals surface area contributed by atoms with Gasteiger partial charge in [0.2, 0.25) is 0 Å². The van der Waals surface area contributed by atoms with Gasteiger partial charge in [-0.2, -0.15) is 0 Å². The summed E-state index contributed by atoms with van der Waals surface area (Å²) < 4.78 is 5.75. The summed E-state index contributed by atoms with van der Waals surface area (Å²) in [6, 6.07) is 18.0. The maximum Gasteiger partial charge on any atom is 0.127 e. The predicted octanol–water partition coefficient (Wildman–Crippen LogP) is 4.67. The van der Waals surface area contributed by atoms with Crippen LogP contribution in [-0.4, -0.2) is 0 Å². The van der Waals surface area contributed by atoms with Gasteiger partial charge in [0, 0.05) is 6.04 Å². The molecular weight excluding hydrogens is 234 g/mol. The highest BCUT2D eigenvalue weighted by atomic mass is 16.5. The van der Waals surface area contributed by atoms with Crippen molar-refractivity contribution in [3.8, 4) is 11.5 Å². The van der Waals surface area contributed by atoms with Crippen LogP contribution in [0.3, 0.4) is 0 Å². The molecule has 2 rings (SSSR count). The van der Waals surface area contributed by atoms with Crippen LogP contribution in [0.25, 0.3) is 0 Å². The second kappa shape index (κ2) is 6.95. The highest BCUT2D eigenvalue weighted by molar-refractivity contribution is 5.33. The SMILES string of the molecule is CCCC[C@@H](N)c1ccc(Oc2ccccc2)cc1. The Bertz CT molecular complexity index is 478. The van der Waals surface area contributed by atoms with Crippen LogP contribution in [0.5, 0.6) is 11.5 Å². The van der Waals surface area contributed by atoms with Crippen molar-refractivity contribution >= 4 is 0 Å². The van der Waals surface area contributed by atoms with E-state index in [2.05, 4.69) is 19.1 Å². The smallest absolute Gasteiger partial charge is 0.127 e. The Morgan fingerprint density at radius 3 is 2.21 bits per heavy atom. The topological polar surface area (TPSA) is 35.2 Å². The minimum Gasteiger partial charge on any atom is -0.457 e. The van der Waals surface area contributed by atoms with Gasteiger partial charge in [0.1, 0.15) is 11.5 Å². The quantitative estimate of drug-likeness (QED) is 0.814. The van der Waals surface area contributed by atoms with Crippen molar-refractivity contribution in [3.05, 3.63) is 60.2 Å². The Morgan fingerprint density at radius 2 is 1.58 bits per heavy atom. The highest BCUT2D eigenvalue weighted by Gasteiger charge is 2.05. The molecule has 0 aliphatic heterocycles. The average molecular weight is 255 g/mol. The molecule has 0 saturated heterocycles. The predicted molar refractivity (Wildman–Crippen MR) is 79.4 cm³/mol. The average Bonchev–Trinajstić information content (AvgIpc) is 2.46. The minimum atomic E-state index is 0.130. The minimum absolute atomic E-state index is 0.130. The maximum absolute atomic E-state index is 6.14. The number of rotatable bonds is 6. The molecule has 0 radical (unpaired) electrons. The fourth-order valence-corrected chi connectivity index (χ4v) is 2.00. The molecule has 2 N–H and O–H groups in total. The van der Waals surface area contributed by atoms with Crippen LogP contribution < -0.4 is 10.5 Å². The summed E-state index contributed by atoms with van der Waals surface area (Å²) in [7, 11) is 0. The van der Waals surface area contributed by atoms with Gasteiger partial charge in [0.05, 0.1) is 0 Å². The first-order chi connectivity index (χ1) is 9.29. The summed E-state index contributed by atoms with van der Waals surface area (Å²) in [5.74, 6) is 1.70. The third-order valence-electron chi connectivity index (χ3n) is 3.16. The van der Waals surface area contributed by atoms with E-state index >= 15 is 0 Å². The molecule has 0 heterocycles. The van der Waals surface area contributed by atoms with Gasteiger partial charge < -0.3 is 10.5 Å². The van der Waals surface area contributed by atoms with E-state index in [0.717, 1.165) is 17.9 Å². The van der Waals surface area contributed by atoms with Crippen LogP contribution in [0.4, 0.5) is 0 Å². The van der Waals surface area contributed by atoms with E-state index in [1.807, 2.05) is 42.5 Å². The van der Waals surface area contributed by atoms with Crippen LogP contribution in [0.15, 0.2) is 54.6 Å². The van der Waals surface area contributed by atoms with Gasteiger partial charge in [-0.1, -0.05) is 50.1 Å². The zero-order valence-electron chi connectivity index (χ0n) is 11.4. The van der Waals surface area contributed by atoms with Gasteiger partial charge in [-0.25, -0.2) is 0 Å². The molecule has 0 unspecified atom stereocenters. The third-order valence-corrected chi connectivity index (χ3v) is 3.16. The number of para-hydroxylation sites is 1. The van der Waals surface area contributed by atoms with Gasteiger partial charge in [0.15, 0.2) is 0 Å². The van der Waals surface area contributed by atoms with Gasteiger partial charge in [0.25, 0.3) is 0 Å². The Labute approximate surface area is 115 Å². The van der Waals surface area contributed by atoms with Crippen molar-refractivity contribution in [2.45, 2.75) is 32.2 Å². The molecule has 2 aromatic carbocycles. The van der Waals surface area contributed by atoms with Crippen molar-refractivity contribution in [3.63, 3.8) is 0 Å². The van der Waals surface area contributed by atoms with Gasteiger partial charge in [-0.3, -0.25) is 0 Å². The van der Waals surface area contributed by atoms with Crippen LogP contribution >= 0.6 is 0 Å². The Morgan fingerprint density at radius 1 is 0.947 bits per heavy atom. The van der Waals surface area contributed by atoms with Crippen molar-refractivity contribution in [1.29, 1.82) is 0 Å². The Balaban J connectivity index is 1.98. The van der Waals surface area contributed by atoms with Crippen molar-refractivity contribution < 1.29 is 4.74 Å². The molecule has 100 valence electrons. The van der Waals surface area contributed by atoms with E-state index in [4.69, 9.17) is 10.5 Å². The van der Waals surface area contributed by atoms with E-state index in [-0.39, 0.29) is 6.04 Å². The summed E-state index contributed by atoms with van der Waals surface area (Å²) in [5.41, 5.74) is 7.32. The zero-order valence-corrected chi connectivity index (χ0v) is 11.4. The van der Waals surface area contributed by atoms with Crippen LogP contribution in [0.2, 0.25) is 0 Å². The Kier molecular flexibility index (Phi) is 4.99. The molecule has 0 spiro atoms. The lowest BCUT2D eigenvalue weighted by Gasteiger charge is -2.12. The second-order valence-corrected chi connectivity index (χ2v) is 4.73. The number of hydrogen-bond acceptors (Lipinski definition) is 2. The van der Waals surface area contributed by atoms with E-state index in [1.54, 1.807) is 0 Å². The fourth-order valence-electron chi connectivity index (χ4n) is 2.00. The van der Waals surface area contributed by atoms with E-state index in [0.29, 0.717) is 0 Å². The molecule has 0 aromatic heterocycles. The third kappa shape index (κ3) is 4.11. The summed E-state index contributed by atoms with van der Waals surface area (Å²) in [6.45, 7) is 2.18. The molecule has 2 aromatic rings. The molecule has 0 aliphatic carbocycles. The first-order valence-electron chi connectivity index (χ1n) is 6.88. The molecule has 0 aliphatic rings. The molecule has 19 heavy (non-hydrogen) atoms. The monoisotopic (exact) mass is 255 g/mol. The highest BCUT2D eigenvalue weighted by Crippen LogP contribution is 2.24. The van der Waals surface area contributed by atoms with Crippen LogP contribution in [-0.2, 0) is 0 Å². The molecule has 0 amide bonds. The lowest BCUT2D eigenvalue weighted by molar-refractivity contribution is 0.482. The molecule has 2 heteroatoms. The summed E-state index contributed by atoms with van der Waals surface area (Å²) in [6.07, 6.45) is 3.39. The number of unbranched alkanes of at least 4 members (excludes halogenated alkanes) is 1. The van der Waals surface area contributed by atoms with Crippen molar-refractivity contribution in [2.75, 3.05) is 0 Å².